The zero-order chi connectivity index (χ0) is 11.5. The van der Waals surface area contributed by atoms with Crippen molar-refractivity contribution < 1.29 is 0 Å². The fraction of sp³-hybridized carbons (Fsp3) is 0.333. The standard InChI is InChI=1S/C12H13ClN2S/c1-3-5-10-14-11(8(2)12(13)15-10)9-6-4-7-16-9/h4,6-7H,3,5H2,1-2H3. The summed E-state index contributed by atoms with van der Waals surface area (Å²) in [7, 11) is 0. The van der Waals surface area contributed by atoms with Crippen LogP contribution in [0.4, 0.5) is 0 Å². The van der Waals surface area contributed by atoms with Gasteiger partial charge in [0.05, 0.1) is 10.6 Å². The molecule has 0 bridgehead atoms. The minimum Gasteiger partial charge on any atom is -0.232 e. The monoisotopic (exact) mass is 252 g/mol. The molecule has 16 heavy (non-hydrogen) atoms. The molecule has 0 N–H and O–H groups in total. The first-order chi connectivity index (χ1) is 7.72. The van der Waals surface area contributed by atoms with Crippen LogP contribution in [0.1, 0.15) is 24.7 Å². The minimum absolute atomic E-state index is 0.571. The molecule has 0 saturated carbocycles. The Morgan fingerprint density at radius 1 is 1.38 bits per heavy atom. The predicted molar refractivity (Wildman–Crippen MR) is 69.1 cm³/mol. The molecule has 2 nitrogen and oxygen atoms in total. The average molecular weight is 253 g/mol. The molecule has 0 saturated heterocycles. The van der Waals surface area contributed by atoms with Gasteiger partial charge in [0, 0.05) is 12.0 Å². The summed E-state index contributed by atoms with van der Waals surface area (Å²) in [5, 5.41) is 2.62. The summed E-state index contributed by atoms with van der Waals surface area (Å²) < 4.78 is 0. The third-order valence-corrected chi connectivity index (χ3v) is 3.61. The van der Waals surface area contributed by atoms with E-state index >= 15 is 0 Å². The van der Waals surface area contributed by atoms with E-state index < -0.39 is 0 Å². The Morgan fingerprint density at radius 2 is 2.19 bits per heavy atom. The van der Waals surface area contributed by atoms with E-state index in [1.807, 2.05) is 18.4 Å². The largest absolute Gasteiger partial charge is 0.232 e. The molecule has 2 rings (SSSR count). The highest BCUT2D eigenvalue weighted by atomic mass is 35.5. The third kappa shape index (κ3) is 2.25. The van der Waals surface area contributed by atoms with Crippen LogP contribution in [0.25, 0.3) is 10.6 Å². The lowest BCUT2D eigenvalue weighted by atomic mass is 10.2. The van der Waals surface area contributed by atoms with Crippen molar-refractivity contribution in [3.8, 4) is 10.6 Å². The number of halogens is 1. The van der Waals surface area contributed by atoms with Gasteiger partial charge in [0.1, 0.15) is 11.0 Å². The summed E-state index contributed by atoms with van der Waals surface area (Å²) in [6.45, 7) is 4.08. The molecular weight excluding hydrogens is 240 g/mol. The minimum atomic E-state index is 0.571. The Hall–Kier alpha value is -0.930. The Bertz CT molecular complexity index is 480. The lowest BCUT2D eigenvalue weighted by Crippen LogP contribution is -1.99. The van der Waals surface area contributed by atoms with Crippen molar-refractivity contribution in [1.82, 2.24) is 9.97 Å². The van der Waals surface area contributed by atoms with Crippen LogP contribution in [0.2, 0.25) is 5.15 Å². The van der Waals surface area contributed by atoms with E-state index in [1.165, 1.54) is 0 Å². The highest BCUT2D eigenvalue weighted by Gasteiger charge is 2.11. The van der Waals surface area contributed by atoms with Crippen LogP contribution in [0.15, 0.2) is 17.5 Å². The maximum atomic E-state index is 6.13. The van der Waals surface area contributed by atoms with E-state index in [9.17, 15) is 0 Å². The molecule has 0 spiro atoms. The van der Waals surface area contributed by atoms with Gasteiger partial charge in [0.25, 0.3) is 0 Å². The van der Waals surface area contributed by atoms with Gasteiger partial charge in [-0.25, -0.2) is 9.97 Å². The fourth-order valence-electron chi connectivity index (χ4n) is 1.52. The van der Waals surface area contributed by atoms with Crippen LogP contribution in [0, 0.1) is 6.92 Å². The molecular formula is C12H13ClN2S. The number of aryl methyl sites for hydroxylation is 1. The molecule has 0 aliphatic heterocycles. The van der Waals surface area contributed by atoms with Gasteiger partial charge in [-0.15, -0.1) is 11.3 Å². The van der Waals surface area contributed by atoms with Crippen LogP contribution in [-0.2, 0) is 6.42 Å². The summed E-state index contributed by atoms with van der Waals surface area (Å²) >= 11 is 7.80. The second kappa shape index (κ2) is 4.93. The van der Waals surface area contributed by atoms with Gasteiger partial charge in [-0.2, -0.15) is 0 Å². The van der Waals surface area contributed by atoms with Gasteiger partial charge < -0.3 is 0 Å². The Kier molecular flexibility index (Phi) is 3.56. The summed E-state index contributed by atoms with van der Waals surface area (Å²) in [6.07, 6.45) is 1.90. The van der Waals surface area contributed by atoms with E-state index in [2.05, 4.69) is 23.0 Å². The van der Waals surface area contributed by atoms with E-state index in [0.29, 0.717) is 5.15 Å². The van der Waals surface area contributed by atoms with Crippen LogP contribution in [0.5, 0.6) is 0 Å². The Labute approximate surface area is 104 Å². The van der Waals surface area contributed by atoms with Crippen LogP contribution < -0.4 is 0 Å². The number of aromatic nitrogens is 2. The summed E-state index contributed by atoms with van der Waals surface area (Å²) in [4.78, 5) is 10.0. The molecule has 2 heterocycles. The van der Waals surface area contributed by atoms with Crippen LogP contribution >= 0.6 is 22.9 Å². The van der Waals surface area contributed by atoms with Gasteiger partial charge in [-0.1, -0.05) is 24.6 Å². The molecule has 0 amide bonds. The highest BCUT2D eigenvalue weighted by molar-refractivity contribution is 7.13. The van der Waals surface area contributed by atoms with Gasteiger partial charge >= 0.3 is 0 Å². The van der Waals surface area contributed by atoms with Crippen LogP contribution in [-0.4, -0.2) is 9.97 Å². The quantitative estimate of drug-likeness (QED) is 0.768. The van der Waals surface area contributed by atoms with Crippen molar-refractivity contribution in [2.24, 2.45) is 0 Å². The number of thiophene rings is 1. The molecule has 0 fully saturated rings. The Morgan fingerprint density at radius 3 is 2.81 bits per heavy atom. The van der Waals surface area contributed by atoms with Crippen molar-refractivity contribution >= 4 is 22.9 Å². The maximum Gasteiger partial charge on any atom is 0.136 e. The maximum absolute atomic E-state index is 6.13. The molecule has 2 aromatic rings. The number of rotatable bonds is 3. The first-order valence-electron chi connectivity index (χ1n) is 5.29. The molecule has 0 aliphatic carbocycles. The Balaban J connectivity index is 2.51. The topological polar surface area (TPSA) is 25.8 Å². The normalized spacial score (nSPS) is 10.7. The molecule has 0 aromatic carbocycles. The second-order valence-electron chi connectivity index (χ2n) is 3.63. The van der Waals surface area contributed by atoms with Crippen molar-refractivity contribution in [2.45, 2.75) is 26.7 Å². The molecule has 0 unspecified atom stereocenters. The second-order valence-corrected chi connectivity index (χ2v) is 4.94. The lowest BCUT2D eigenvalue weighted by Gasteiger charge is -2.07. The van der Waals surface area contributed by atoms with E-state index in [-0.39, 0.29) is 0 Å². The smallest absolute Gasteiger partial charge is 0.136 e. The molecule has 0 radical (unpaired) electrons. The van der Waals surface area contributed by atoms with E-state index in [4.69, 9.17) is 11.6 Å². The van der Waals surface area contributed by atoms with Crippen LogP contribution in [0.3, 0.4) is 0 Å². The highest BCUT2D eigenvalue weighted by Crippen LogP contribution is 2.29. The first kappa shape index (κ1) is 11.6. The van der Waals surface area contributed by atoms with Gasteiger partial charge in [0.15, 0.2) is 0 Å². The molecule has 4 heteroatoms. The van der Waals surface area contributed by atoms with Gasteiger partial charge in [0.2, 0.25) is 0 Å². The van der Waals surface area contributed by atoms with E-state index in [1.54, 1.807) is 11.3 Å². The lowest BCUT2D eigenvalue weighted by molar-refractivity contribution is 0.833. The average Bonchev–Trinajstić information content (AvgIpc) is 2.76. The van der Waals surface area contributed by atoms with Gasteiger partial charge in [-0.05, 0) is 24.8 Å². The zero-order valence-corrected chi connectivity index (χ0v) is 10.9. The van der Waals surface area contributed by atoms with Crippen molar-refractivity contribution in [3.05, 3.63) is 34.1 Å². The predicted octanol–water partition coefficient (Wildman–Crippen LogP) is 4.12. The molecule has 0 atom stereocenters. The SMILES string of the molecule is CCCc1nc(Cl)c(C)c(-c2cccs2)n1. The zero-order valence-electron chi connectivity index (χ0n) is 9.33. The summed E-state index contributed by atoms with van der Waals surface area (Å²) in [6, 6.07) is 4.08. The number of nitrogens with zero attached hydrogens (tertiary/aromatic N) is 2. The molecule has 2 aromatic heterocycles. The first-order valence-corrected chi connectivity index (χ1v) is 6.55. The van der Waals surface area contributed by atoms with Gasteiger partial charge in [-0.3, -0.25) is 0 Å². The summed E-state index contributed by atoms with van der Waals surface area (Å²) in [5.74, 6) is 0.835. The van der Waals surface area contributed by atoms with Crippen molar-refractivity contribution in [3.63, 3.8) is 0 Å². The van der Waals surface area contributed by atoms with Crippen molar-refractivity contribution in [2.75, 3.05) is 0 Å². The van der Waals surface area contributed by atoms with E-state index in [0.717, 1.165) is 34.8 Å². The summed E-state index contributed by atoms with van der Waals surface area (Å²) in [5.41, 5.74) is 1.93. The molecule has 0 aliphatic rings. The molecule has 84 valence electrons. The van der Waals surface area contributed by atoms with Crippen molar-refractivity contribution in [1.29, 1.82) is 0 Å². The third-order valence-electron chi connectivity index (χ3n) is 2.36. The fourth-order valence-corrected chi connectivity index (χ4v) is 2.48. The number of hydrogen-bond donors (Lipinski definition) is 0. The number of hydrogen-bond acceptors (Lipinski definition) is 3.